The summed E-state index contributed by atoms with van der Waals surface area (Å²) in [5.74, 6) is -0.947. The summed E-state index contributed by atoms with van der Waals surface area (Å²) in [5, 5.41) is 12.2. The van der Waals surface area contributed by atoms with Gasteiger partial charge in [-0.1, -0.05) is 20.3 Å². The number of piperidine rings is 1. The third-order valence-electron chi connectivity index (χ3n) is 5.09. The number of rotatable bonds is 4. The summed E-state index contributed by atoms with van der Waals surface area (Å²) in [5.41, 5.74) is -1.14. The van der Waals surface area contributed by atoms with E-state index in [2.05, 4.69) is 10.2 Å². The van der Waals surface area contributed by atoms with E-state index in [0.29, 0.717) is 25.4 Å². The summed E-state index contributed by atoms with van der Waals surface area (Å²) in [4.78, 5) is 28.2. The molecule has 0 aromatic rings. The number of urea groups is 1. The van der Waals surface area contributed by atoms with Gasteiger partial charge < -0.3 is 15.3 Å². The van der Waals surface area contributed by atoms with Gasteiger partial charge in [0.05, 0.1) is 0 Å². The lowest BCUT2D eigenvalue weighted by atomic mass is 9.93. The Morgan fingerprint density at radius 2 is 1.90 bits per heavy atom. The normalized spacial score (nSPS) is 23.5. The van der Waals surface area contributed by atoms with Crippen molar-refractivity contribution in [2.24, 2.45) is 0 Å². The molecule has 2 rings (SSSR count). The standard InChI is InChI=1S/C15H27N3O3/c1-3-15(4-2,13(19)20)16-14(21)18-10-9-17-8-6-5-7-12(17)11-18/h12H,3-11H2,1-2H3,(H,16,21)(H,19,20). The minimum atomic E-state index is -1.14. The molecule has 0 saturated carbocycles. The lowest BCUT2D eigenvalue weighted by molar-refractivity contribution is -0.144. The van der Waals surface area contributed by atoms with Crippen molar-refractivity contribution in [1.82, 2.24) is 15.1 Å². The number of carbonyl (C=O) groups excluding carboxylic acids is 1. The lowest BCUT2D eigenvalue weighted by Crippen LogP contribution is -2.62. The highest BCUT2D eigenvalue weighted by atomic mass is 16.4. The highest BCUT2D eigenvalue weighted by Gasteiger charge is 2.39. The van der Waals surface area contributed by atoms with Crippen molar-refractivity contribution >= 4 is 12.0 Å². The van der Waals surface area contributed by atoms with Crippen molar-refractivity contribution < 1.29 is 14.7 Å². The zero-order valence-electron chi connectivity index (χ0n) is 13.1. The Morgan fingerprint density at radius 3 is 2.52 bits per heavy atom. The highest BCUT2D eigenvalue weighted by molar-refractivity contribution is 5.86. The van der Waals surface area contributed by atoms with Crippen LogP contribution >= 0.6 is 0 Å². The Hall–Kier alpha value is -1.30. The van der Waals surface area contributed by atoms with Crippen molar-refractivity contribution in [3.8, 4) is 0 Å². The predicted molar refractivity (Wildman–Crippen MR) is 80.3 cm³/mol. The summed E-state index contributed by atoms with van der Waals surface area (Å²) in [6.45, 7) is 7.04. The molecule has 1 unspecified atom stereocenters. The topological polar surface area (TPSA) is 72.9 Å². The van der Waals surface area contributed by atoms with Crippen LogP contribution in [0.1, 0.15) is 46.0 Å². The molecule has 2 aliphatic rings. The molecule has 2 fully saturated rings. The first-order valence-corrected chi connectivity index (χ1v) is 8.07. The third kappa shape index (κ3) is 3.31. The van der Waals surface area contributed by atoms with Gasteiger partial charge in [0.25, 0.3) is 0 Å². The van der Waals surface area contributed by atoms with Crippen molar-refractivity contribution in [3.05, 3.63) is 0 Å². The highest BCUT2D eigenvalue weighted by Crippen LogP contribution is 2.22. The molecule has 2 aliphatic heterocycles. The van der Waals surface area contributed by atoms with Gasteiger partial charge in [0.15, 0.2) is 0 Å². The van der Waals surface area contributed by atoms with E-state index in [1.54, 1.807) is 18.7 Å². The number of carbonyl (C=O) groups is 2. The maximum atomic E-state index is 12.4. The molecule has 0 aliphatic carbocycles. The van der Waals surface area contributed by atoms with Gasteiger partial charge in [-0.15, -0.1) is 0 Å². The van der Waals surface area contributed by atoms with E-state index in [9.17, 15) is 14.7 Å². The zero-order chi connectivity index (χ0) is 15.5. The van der Waals surface area contributed by atoms with E-state index in [1.807, 2.05) is 0 Å². The Morgan fingerprint density at radius 1 is 1.19 bits per heavy atom. The van der Waals surface area contributed by atoms with Crippen LogP contribution in [-0.2, 0) is 4.79 Å². The van der Waals surface area contributed by atoms with E-state index in [1.165, 1.54) is 12.8 Å². The number of amides is 2. The van der Waals surface area contributed by atoms with Crippen LogP contribution in [-0.4, -0.2) is 64.7 Å². The fraction of sp³-hybridized carbons (Fsp3) is 0.867. The average Bonchev–Trinajstić information content (AvgIpc) is 2.51. The molecule has 0 aromatic carbocycles. The summed E-state index contributed by atoms with van der Waals surface area (Å²) in [6, 6.07) is 0.215. The van der Waals surface area contributed by atoms with Gasteiger partial charge in [-0.2, -0.15) is 0 Å². The summed E-state index contributed by atoms with van der Waals surface area (Å²) < 4.78 is 0. The minimum absolute atomic E-state index is 0.230. The smallest absolute Gasteiger partial charge is 0.329 e. The molecule has 21 heavy (non-hydrogen) atoms. The molecular weight excluding hydrogens is 270 g/mol. The molecule has 0 spiro atoms. The molecule has 2 heterocycles. The molecule has 2 saturated heterocycles. The number of carboxylic acid groups (broad SMARTS) is 1. The first kappa shape index (κ1) is 16.1. The number of piperazine rings is 1. The number of aliphatic carboxylic acids is 1. The SMILES string of the molecule is CCC(CC)(NC(=O)N1CCN2CCCCC2C1)C(=O)O. The van der Waals surface area contributed by atoms with Crippen molar-refractivity contribution in [1.29, 1.82) is 0 Å². The van der Waals surface area contributed by atoms with E-state index in [-0.39, 0.29) is 6.03 Å². The van der Waals surface area contributed by atoms with Crippen LogP contribution in [0.2, 0.25) is 0 Å². The molecule has 0 bridgehead atoms. The first-order chi connectivity index (χ1) is 10.0. The molecule has 6 nitrogen and oxygen atoms in total. The maximum absolute atomic E-state index is 12.4. The molecule has 2 N–H and O–H groups in total. The van der Waals surface area contributed by atoms with E-state index >= 15 is 0 Å². The van der Waals surface area contributed by atoms with Gasteiger partial charge in [0, 0.05) is 25.7 Å². The molecular formula is C15H27N3O3. The van der Waals surface area contributed by atoms with Gasteiger partial charge >= 0.3 is 12.0 Å². The van der Waals surface area contributed by atoms with Crippen molar-refractivity contribution in [2.75, 3.05) is 26.2 Å². The van der Waals surface area contributed by atoms with Crippen molar-refractivity contribution in [2.45, 2.75) is 57.5 Å². The second kappa shape index (κ2) is 6.64. The predicted octanol–water partition coefficient (Wildman–Crippen LogP) is 1.51. The summed E-state index contributed by atoms with van der Waals surface area (Å²) in [7, 11) is 0. The quantitative estimate of drug-likeness (QED) is 0.825. The molecule has 6 heteroatoms. The second-order valence-corrected chi connectivity index (χ2v) is 6.16. The number of nitrogens with zero attached hydrogens (tertiary/aromatic N) is 2. The van der Waals surface area contributed by atoms with Crippen LogP contribution in [0.15, 0.2) is 0 Å². The maximum Gasteiger partial charge on any atom is 0.329 e. The van der Waals surface area contributed by atoms with Gasteiger partial charge in [0.2, 0.25) is 0 Å². The van der Waals surface area contributed by atoms with Gasteiger partial charge in [-0.25, -0.2) is 9.59 Å². The molecule has 2 amide bonds. The molecule has 0 aromatic heterocycles. The van der Waals surface area contributed by atoms with Gasteiger partial charge in [-0.3, -0.25) is 4.90 Å². The first-order valence-electron chi connectivity index (χ1n) is 8.07. The number of hydrogen-bond acceptors (Lipinski definition) is 3. The van der Waals surface area contributed by atoms with Crippen LogP contribution in [0.5, 0.6) is 0 Å². The zero-order valence-corrected chi connectivity index (χ0v) is 13.1. The number of carboxylic acids is 1. The number of fused-ring (bicyclic) bond motifs is 1. The van der Waals surface area contributed by atoms with Crippen LogP contribution < -0.4 is 5.32 Å². The third-order valence-corrected chi connectivity index (χ3v) is 5.09. The molecule has 120 valence electrons. The van der Waals surface area contributed by atoms with Crippen LogP contribution in [0.25, 0.3) is 0 Å². The minimum Gasteiger partial charge on any atom is -0.480 e. The van der Waals surface area contributed by atoms with E-state index < -0.39 is 11.5 Å². The Labute approximate surface area is 126 Å². The molecule has 1 atom stereocenters. The summed E-state index contributed by atoms with van der Waals surface area (Å²) in [6.07, 6.45) is 4.40. The fourth-order valence-corrected chi connectivity index (χ4v) is 3.41. The Balaban J connectivity index is 1.98. The van der Waals surface area contributed by atoms with Gasteiger partial charge in [0.1, 0.15) is 5.54 Å². The Bertz CT molecular complexity index is 396. The van der Waals surface area contributed by atoms with Crippen LogP contribution in [0.3, 0.4) is 0 Å². The van der Waals surface area contributed by atoms with Crippen LogP contribution in [0.4, 0.5) is 4.79 Å². The number of nitrogens with one attached hydrogen (secondary N) is 1. The molecule has 0 radical (unpaired) electrons. The average molecular weight is 297 g/mol. The largest absolute Gasteiger partial charge is 0.480 e. The lowest BCUT2D eigenvalue weighted by Gasteiger charge is -2.44. The summed E-state index contributed by atoms with van der Waals surface area (Å²) >= 11 is 0. The van der Waals surface area contributed by atoms with E-state index in [0.717, 1.165) is 26.1 Å². The Kier molecular flexibility index (Phi) is 5.08. The van der Waals surface area contributed by atoms with Gasteiger partial charge in [-0.05, 0) is 32.2 Å². The second-order valence-electron chi connectivity index (χ2n) is 6.16. The number of hydrogen-bond donors (Lipinski definition) is 2. The fourth-order valence-electron chi connectivity index (χ4n) is 3.41. The van der Waals surface area contributed by atoms with Crippen molar-refractivity contribution in [3.63, 3.8) is 0 Å². The van der Waals surface area contributed by atoms with E-state index in [4.69, 9.17) is 0 Å². The van der Waals surface area contributed by atoms with Crippen LogP contribution in [0, 0.1) is 0 Å². The monoisotopic (exact) mass is 297 g/mol.